The molecule has 1 fully saturated rings. The first-order valence-corrected chi connectivity index (χ1v) is 11.6. The molecule has 1 amide bonds. The summed E-state index contributed by atoms with van der Waals surface area (Å²) in [6.45, 7) is 1.78. The van der Waals surface area contributed by atoms with E-state index in [2.05, 4.69) is 21.7 Å². The summed E-state index contributed by atoms with van der Waals surface area (Å²) in [5.74, 6) is 0.0411. The average molecular weight is 422 g/mol. The van der Waals surface area contributed by atoms with Crippen molar-refractivity contribution in [2.45, 2.75) is 38.5 Å². The largest absolute Gasteiger partial charge is 0.309 e. The number of thiazole rings is 1. The highest BCUT2D eigenvalue weighted by Crippen LogP contribution is 2.35. The Hall–Kier alpha value is -2.51. The lowest BCUT2D eigenvalue weighted by Crippen LogP contribution is -2.43. The van der Waals surface area contributed by atoms with Gasteiger partial charge >= 0.3 is 0 Å². The first-order valence-electron chi connectivity index (χ1n) is 10.8. The summed E-state index contributed by atoms with van der Waals surface area (Å²) in [7, 11) is 2.05. The molecule has 2 aromatic heterocycles. The van der Waals surface area contributed by atoms with E-state index in [9.17, 15) is 4.79 Å². The minimum Gasteiger partial charge on any atom is -0.309 e. The third-order valence-corrected chi connectivity index (χ3v) is 7.39. The highest BCUT2D eigenvalue weighted by atomic mass is 32.1. The Labute approximate surface area is 180 Å². The molecule has 0 spiro atoms. The van der Waals surface area contributed by atoms with Gasteiger partial charge < -0.3 is 10.2 Å². The van der Waals surface area contributed by atoms with E-state index in [4.69, 9.17) is 10.4 Å². The molecular weight excluding hydrogens is 394 g/mol. The van der Waals surface area contributed by atoms with E-state index >= 15 is 0 Å². The summed E-state index contributed by atoms with van der Waals surface area (Å²) in [6.07, 6.45) is 6.35. The number of carbonyl (C=O) groups is 1. The molecule has 5 rings (SSSR count). The summed E-state index contributed by atoms with van der Waals surface area (Å²) in [6, 6.07) is 10.0. The molecule has 30 heavy (non-hydrogen) atoms. The SMILES string of the molecule is CN1CCCC(C(=O)NC(=N)c2c(-c3ccccc3)nc3sc4c(n23)CCCC4)C1. The molecular formula is C23H27N5OS. The Balaban J connectivity index is 1.55. The summed E-state index contributed by atoms with van der Waals surface area (Å²) < 4.78 is 2.14. The predicted octanol–water partition coefficient (Wildman–Crippen LogP) is 3.72. The summed E-state index contributed by atoms with van der Waals surface area (Å²) in [5.41, 5.74) is 3.74. The van der Waals surface area contributed by atoms with Crippen molar-refractivity contribution in [1.29, 1.82) is 5.41 Å². The smallest absolute Gasteiger partial charge is 0.229 e. The Morgan fingerprint density at radius 2 is 2.00 bits per heavy atom. The fraction of sp³-hybridized carbons (Fsp3) is 0.435. The average Bonchev–Trinajstić information content (AvgIpc) is 3.30. The molecule has 156 valence electrons. The molecule has 1 aromatic carbocycles. The molecule has 2 N–H and O–H groups in total. The number of hydrogen-bond acceptors (Lipinski definition) is 5. The number of rotatable bonds is 3. The molecule has 6 nitrogen and oxygen atoms in total. The van der Waals surface area contributed by atoms with Crippen LogP contribution in [0.2, 0.25) is 0 Å². The number of imidazole rings is 1. The van der Waals surface area contributed by atoms with Crippen LogP contribution >= 0.6 is 11.3 Å². The van der Waals surface area contributed by atoms with E-state index < -0.39 is 0 Å². The van der Waals surface area contributed by atoms with Crippen molar-refractivity contribution in [2.24, 2.45) is 5.92 Å². The second kappa shape index (κ2) is 7.96. The number of aryl methyl sites for hydroxylation is 2. The van der Waals surface area contributed by atoms with Crippen molar-refractivity contribution in [3.63, 3.8) is 0 Å². The van der Waals surface area contributed by atoms with Crippen LogP contribution in [-0.2, 0) is 17.6 Å². The zero-order chi connectivity index (χ0) is 20.7. The first kappa shape index (κ1) is 19.5. The van der Waals surface area contributed by atoms with Gasteiger partial charge in [-0.2, -0.15) is 0 Å². The van der Waals surface area contributed by atoms with Gasteiger partial charge in [0.15, 0.2) is 10.8 Å². The van der Waals surface area contributed by atoms with Crippen LogP contribution < -0.4 is 5.32 Å². The van der Waals surface area contributed by atoms with Gasteiger partial charge in [-0.25, -0.2) is 4.98 Å². The van der Waals surface area contributed by atoms with Crippen LogP contribution in [0.15, 0.2) is 30.3 Å². The molecule has 1 aliphatic carbocycles. The maximum Gasteiger partial charge on any atom is 0.229 e. The fourth-order valence-corrected chi connectivity index (χ4v) is 5.94. The van der Waals surface area contributed by atoms with Gasteiger partial charge in [0.2, 0.25) is 5.91 Å². The number of amides is 1. The van der Waals surface area contributed by atoms with Crippen LogP contribution in [0.3, 0.4) is 0 Å². The van der Waals surface area contributed by atoms with Crippen LogP contribution in [-0.4, -0.2) is 46.2 Å². The molecule has 7 heteroatoms. The maximum absolute atomic E-state index is 13.0. The van der Waals surface area contributed by atoms with Crippen molar-refractivity contribution >= 4 is 28.0 Å². The topological polar surface area (TPSA) is 73.5 Å². The van der Waals surface area contributed by atoms with Crippen LogP contribution in [0, 0.1) is 11.3 Å². The number of amidine groups is 1. The third kappa shape index (κ3) is 3.46. The van der Waals surface area contributed by atoms with Gasteiger partial charge in [-0.15, -0.1) is 11.3 Å². The van der Waals surface area contributed by atoms with E-state index in [1.165, 1.54) is 17.0 Å². The van der Waals surface area contributed by atoms with E-state index in [1.807, 2.05) is 30.3 Å². The number of fused-ring (bicyclic) bond motifs is 3. The van der Waals surface area contributed by atoms with E-state index in [0.29, 0.717) is 5.69 Å². The number of nitrogens with zero attached hydrogens (tertiary/aromatic N) is 3. The Morgan fingerprint density at radius 1 is 1.20 bits per heavy atom. The maximum atomic E-state index is 13.0. The lowest BCUT2D eigenvalue weighted by molar-refractivity contribution is -0.125. The minimum atomic E-state index is -0.0657. The summed E-state index contributed by atoms with van der Waals surface area (Å²) >= 11 is 1.73. The van der Waals surface area contributed by atoms with Crippen molar-refractivity contribution < 1.29 is 4.79 Å². The van der Waals surface area contributed by atoms with Crippen LogP contribution in [0.4, 0.5) is 0 Å². The molecule has 0 radical (unpaired) electrons. The van der Waals surface area contributed by atoms with Crippen LogP contribution in [0.25, 0.3) is 16.2 Å². The Bertz CT molecular complexity index is 1100. The lowest BCUT2D eigenvalue weighted by atomic mass is 9.97. The number of piperidine rings is 1. The molecule has 1 saturated heterocycles. The van der Waals surface area contributed by atoms with Gasteiger partial charge in [-0.1, -0.05) is 30.3 Å². The van der Waals surface area contributed by atoms with Crippen molar-refractivity contribution in [2.75, 3.05) is 20.1 Å². The standard InChI is InChI=1S/C23H27N5OS/c1-27-13-7-10-16(14-27)22(29)26-21(24)20-19(15-8-3-2-4-9-15)25-23-28(20)17-11-5-6-12-18(17)30-23/h2-4,8-9,16H,5-7,10-14H2,1H3,(H2,24,26,29). The molecule has 1 atom stereocenters. The number of carbonyl (C=O) groups excluding carboxylic acids is 1. The second-order valence-corrected chi connectivity index (χ2v) is 9.50. The fourth-order valence-electron chi connectivity index (χ4n) is 4.73. The monoisotopic (exact) mass is 421 g/mol. The van der Waals surface area contributed by atoms with E-state index in [1.54, 1.807) is 11.3 Å². The molecule has 3 heterocycles. The Kier molecular flexibility index (Phi) is 5.16. The number of benzene rings is 1. The third-order valence-electron chi connectivity index (χ3n) is 6.25. The second-order valence-electron chi connectivity index (χ2n) is 8.44. The van der Waals surface area contributed by atoms with Crippen molar-refractivity contribution in [1.82, 2.24) is 19.6 Å². The lowest BCUT2D eigenvalue weighted by Gasteiger charge is -2.28. The van der Waals surface area contributed by atoms with Crippen LogP contribution in [0.1, 0.15) is 41.9 Å². The number of likely N-dealkylation sites (tertiary alicyclic amines) is 1. The molecule has 0 bridgehead atoms. The summed E-state index contributed by atoms with van der Waals surface area (Å²) in [4.78, 5) is 22.4. The van der Waals surface area contributed by atoms with Crippen LogP contribution in [0.5, 0.6) is 0 Å². The zero-order valence-electron chi connectivity index (χ0n) is 17.3. The molecule has 2 aliphatic rings. The van der Waals surface area contributed by atoms with Gasteiger partial charge in [0.1, 0.15) is 11.4 Å². The van der Waals surface area contributed by atoms with E-state index in [-0.39, 0.29) is 17.7 Å². The van der Waals surface area contributed by atoms with Crippen molar-refractivity contribution in [3.05, 3.63) is 46.6 Å². The van der Waals surface area contributed by atoms with Gasteiger partial charge in [0.25, 0.3) is 0 Å². The van der Waals surface area contributed by atoms with Crippen molar-refractivity contribution in [3.8, 4) is 11.3 Å². The quantitative estimate of drug-likeness (QED) is 0.500. The molecule has 0 saturated carbocycles. The zero-order valence-corrected chi connectivity index (χ0v) is 18.1. The molecule has 1 unspecified atom stereocenters. The summed E-state index contributed by atoms with van der Waals surface area (Å²) in [5, 5.41) is 11.8. The minimum absolute atomic E-state index is 0.0513. The molecule has 3 aromatic rings. The van der Waals surface area contributed by atoms with Gasteiger partial charge in [0, 0.05) is 22.7 Å². The van der Waals surface area contributed by atoms with Gasteiger partial charge in [-0.3, -0.25) is 14.6 Å². The normalized spacial score (nSPS) is 19.6. The Morgan fingerprint density at radius 3 is 2.80 bits per heavy atom. The highest BCUT2D eigenvalue weighted by Gasteiger charge is 2.29. The number of nitrogens with one attached hydrogen (secondary N) is 2. The number of aromatic nitrogens is 2. The number of hydrogen-bond donors (Lipinski definition) is 2. The first-order chi connectivity index (χ1) is 14.6. The van der Waals surface area contributed by atoms with E-state index in [0.717, 1.165) is 61.4 Å². The van der Waals surface area contributed by atoms with Gasteiger partial charge in [-0.05, 0) is 52.1 Å². The molecule has 1 aliphatic heterocycles. The highest BCUT2D eigenvalue weighted by molar-refractivity contribution is 7.17. The predicted molar refractivity (Wildman–Crippen MR) is 120 cm³/mol. The van der Waals surface area contributed by atoms with Gasteiger partial charge in [0.05, 0.1) is 5.92 Å².